The molecule has 0 aromatic heterocycles. The summed E-state index contributed by atoms with van der Waals surface area (Å²) in [5.41, 5.74) is 0. The summed E-state index contributed by atoms with van der Waals surface area (Å²) in [6.45, 7) is 4.09. The van der Waals surface area contributed by atoms with E-state index in [4.69, 9.17) is 5.11 Å². The fourth-order valence-corrected chi connectivity index (χ4v) is 1.36. The van der Waals surface area contributed by atoms with Crippen LogP contribution in [0.25, 0.3) is 0 Å². The Morgan fingerprint density at radius 1 is 1.69 bits per heavy atom. The van der Waals surface area contributed by atoms with Crippen molar-refractivity contribution in [1.82, 2.24) is 10.2 Å². The molecular weight excluding hydrogens is 172 g/mol. The van der Waals surface area contributed by atoms with Crippen LogP contribution in [0.5, 0.6) is 0 Å². The molecule has 0 radical (unpaired) electrons. The highest BCUT2D eigenvalue weighted by molar-refractivity contribution is 6.35. The smallest absolute Gasteiger partial charge is 0.312 e. The highest BCUT2D eigenvalue weighted by atomic mass is 16.3. The van der Waals surface area contributed by atoms with Crippen LogP contribution in [0.1, 0.15) is 13.8 Å². The van der Waals surface area contributed by atoms with Gasteiger partial charge in [-0.3, -0.25) is 9.59 Å². The Balaban J connectivity index is 2.61. The maximum absolute atomic E-state index is 11.2. The molecule has 2 unspecified atom stereocenters. The van der Waals surface area contributed by atoms with Crippen LogP contribution in [0, 0.1) is 0 Å². The molecule has 0 aliphatic carbocycles. The number of piperazine rings is 1. The van der Waals surface area contributed by atoms with Crippen molar-refractivity contribution in [1.29, 1.82) is 0 Å². The topological polar surface area (TPSA) is 69.6 Å². The summed E-state index contributed by atoms with van der Waals surface area (Å²) in [4.78, 5) is 23.6. The maximum Gasteiger partial charge on any atom is 0.312 e. The zero-order valence-corrected chi connectivity index (χ0v) is 7.78. The second-order valence-corrected chi connectivity index (χ2v) is 3.43. The third-order valence-electron chi connectivity index (χ3n) is 1.84. The Morgan fingerprint density at radius 3 is 2.85 bits per heavy atom. The van der Waals surface area contributed by atoms with E-state index in [0.717, 1.165) is 0 Å². The van der Waals surface area contributed by atoms with Crippen LogP contribution in [0.3, 0.4) is 0 Å². The van der Waals surface area contributed by atoms with Crippen molar-refractivity contribution in [2.75, 3.05) is 13.1 Å². The van der Waals surface area contributed by atoms with Gasteiger partial charge in [-0.2, -0.15) is 0 Å². The van der Waals surface area contributed by atoms with Gasteiger partial charge in [-0.25, -0.2) is 0 Å². The second-order valence-electron chi connectivity index (χ2n) is 3.43. The highest BCUT2D eigenvalue weighted by Gasteiger charge is 2.30. The first kappa shape index (κ1) is 9.98. The average Bonchev–Trinajstić information content (AvgIpc) is 1.98. The summed E-state index contributed by atoms with van der Waals surface area (Å²) >= 11 is 0. The molecule has 1 aliphatic rings. The normalized spacial score (nSPS) is 25.8. The number of aliphatic hydroxyl groups is 1. The van der Waals surface area contributed by atoms with Crippen molar-refractivity contribution in [2.45, 2.75) is 26.0 Å². The van der Waals surface area contributed by atoms with E-state index in [1.807, 2.05) is 6.92 Å². The summed E-state index contributed by atoms with van der Waals surface area (Å²) in [5.74, 6) is -1.14. The molecular formula is C8H14N2O3. The molecule has 1 saturated heterocycles. The molecule has 1 rings (SSSR count). The number of rotatable bonds is 2. The summed E-state index contributed by atoms with van der Waals surface area (Å²) in [6, 6.07) is -0.0380. The average molecular weight is 186 g/mol. The van der Waals surface area contributed by atoms with Gasteiger partial charge < -0.3 is 15.3 Å². The van der Waals surface area contributed by atoms with E-state index in [9.17, 15) is 9.59 Å². The molecule has 74 valence electrons. The fraction of sp³-hybridized carbons (Fsp3) is 0.750. The van der Waals surface area contributed by atoms with Crippen LogP contribution in [0.15, 0.2) is 0 Å². The predicted octanol–water partition coefficient (Wildman–Crippen LogP) is -1.29. The van der Waals surface area contributed by atoms with E-state index in [2.05, 4.69) is 5.32 Å². The van der Waals surface area contributed by atoms with Gasteiger partial charge in [0.1, 0.15) is 0 Å². The first-order valence-electron chi connectivity index (χ1n) is 4.28. The van der Waals surface area contributed by atoms with Crippen molar-refractivity contribution in [3.8, 4) is 0 Å². The minimum atomic E-state index is -0.595. The second kappa shape index (κ2) is 3.74. The van der Waals surface area contributed by atoms with Gasteiger partial charge in [0, 0.05) is 19.1 Å². The number of carbonyl (C=O) groups excluding carboxylic acids is 2. The fourth-order valence-electron chi connectivity index (χ4n) is 1.36. The highest BCUT2D eigenvalue weighted by Crippen LogP contribution is 2.02. The molecule has 2 atom stereocenters. The number of hydrogen-bond donors (Lipinski definition) is 2. The molecule has 0 aromatic rings. The van der Waals surface area contributed by atoms with Crippen molar-refractivity contribution < 1.29 is 14.7 Å². The molecule has 5 heteroatoms. The molecule has 1 aliphatic heterocycles. The summed E-state index contributed by atoms with van der Waals surface area (Å²) in [6.07, 6.45) is -0.595. The Bertz CT molecular complexity index is 225. The lowest BCUT2D eigenvalue weighted by Gasteiger charge is -2.31. The number of aliphatic hydroxyl groups excluding tert-OH is 1. The zero-order chi connectivity index (χ0) is 10.0. The van der Waals surface area contributed by atoms with Crippen LogP contribution >= 0.6 is 0 Å². The van der Waals surface area contributed by atoms with E-state index in [-0.39, 0.29) is 12.6 Å². The Kier molecular flexibility index (Phi) is 2.87. The van der Waals surface area contributed by atoms with E-state index < -0.39 is 17.9 Å². The standard InChI is InChI=1S/C8H14N2O3/c1-5-3-10(4-6(2)11)8(13)7(12)9-5/h5-6,11H,3-4H2,1-2H3,(H,9,12). The Morgan fingerprint density at radius 2 is 2.31 bits per heavy atom. The van der Waals surface area contributed by atoms with Gasteiger partial charge in [-0.1, -0.05) is 0 Å². The van der Waals surface area contributed by atoms with Crippen molar-refractivity contribution in [3.05, 3.63) is 0 Å². The lowest BCUT2D eigenvalue weighted by Crippen LogP contribution is -2.57. The van der Waals surface area contributed by atoms with Crippen LogP contribution in [-0.4, -0.2) is 47.1 Å². The summed E-state index contributed by atoms with van der Waals surface area (Å²) in [7, 11) is 0. The monoisotopic (exact) mass is 186 g/mol. The molecule has 1 fully saturated rings. The molecule has 13 heavy (non-hydrogen) atoms. The summed E-state index contributed by atoms with van der Waals surface area (Å²) < 4.78 is 0. The van der Waals surface area contributed by atoms with Gasteiger partial charge in [0.25, 0.3) is 0 Å². The zero-order valence-electron chi connectivity index (χ0n) is 7.78. The van der Waals surface area contributed by atoms with Gasteiger partial charge >= 0.3 is 11.8 Å². The van der Waals surface area contributed by atoms with Crippen LogP contribution in [-0.2, 0) is 9.59 Å². The van der Waals surface area contributed by atoms with Crippen molar-refractivity contribution in [2.24, 2.45) is 0 Å². The predicted molar refractivity (Wildman–Crippen MR) is 45.9 cm³/mol. The van der Waals surface area contributed by atoms with Gasteiger partial charge in [0.15, 0.2) is 0 Å². The molecule has 0 bridgehead atoms. The lowest BCUT2D eigenvalue weighted by atomic mass is 10.2. The minimum Gasteiger partial charge on any atom is -0.392 e. The molecule has 5 nitrogen and oxygen atoms in total. The van der Waals surface area contributed by atoms with Gasteiger partial charge in [-0.15, -0.1) is 0 Å². The number of amides is 2. The summed E-state index contributed by atoms with van der Waals surface area (Å²) in [5, 5.41) is 11.6. The number of carbonyl (C=O) groups is 2. The van der Waals surface area contributed by atoms with Crippen molar-refractivity contribution >= 4 is 11.8 Å². The van der Waals surface area contributed by atoms with Crippen molar-refractivity contribution in [3.63, 3.8) is 0 Å². The first-order valence-corrected chi connectivity index (χ1v) is 4.28. The first-order chi connectivity index (χ1) is 6.00. The number of nitrogens with one attached hydrogen (secondary N) is 1. The third kappa shape index (κ3) is 2.42. The molecule has 1 heterocycles. The largest absolute Gasteiger partial charge is 0.392 e. The van der Waals surface area contributed by atoms with Crippen LogP contribution < -0.4 is 5.32 Å². The Hall–Kier alpha value is -1.10. The van der Waals surface area contributed by atoms with Gasteiger partial charge in [-0.05, 0) is 13.8 Å². The molecule has 0 spiro atoms. The number of nitrogens with zero attached hydrogens (tertiary/aromatic N) is 1. The van der Waals surface area contributed by atoms with E-state index in [0.29, 0.717) is 6.54 Å². The molecule has 2 N–H and O–H groups in total. The molecule has 0 aromatic carbocycles. The van der Waals surface area contributed by atoms with E-state index in [1.165, 1.54) is 4.90 Å². The van der Waals surface area contributed by atoms with E-state index >= 15 is 0 Å². The maximum atomic E-state index is 11.2. The number of hydrogen-bond acceptors (Lipinski definition) is 3. The van der Waals surface area contributed by atoms with Crippen LogP contribution in [0.2, 0.25) is 0 Å². The quantitative estimate of drug-likeness (QED) is 0.527. The van der Waals surface area contributed by atoms with E-state index in [1.54, 1.807) is 6.92 Å². The SMILES string of the molecule is CC(O)CN1CC(C)NC(=O)C1=O. The molecule has 2 amide bonds. The van der Waals surface area contributed by atoms with Crippen LogP contribution in [0.4, 0.5) is 0 Å². The number of β-amino-alcohol motifs (C(OH)–C–C–N with tert-alkyl or cyclic N) is 1. The van der Waals surface area contributed by atoms with Gasteiger partial charge in [0.05, 0.1) is 6.10 Å². The minimum absolute atomic E-state index is 0.0380. The van der Waals surface area contributed by atoms with Gasteiger partial charge in [0.2, 0.25) is 0 Å². The Labute approximate surface area is 76.7 Å². The lowest BCUT2D eigenvalue weighted by molar-refractivity contribution is -0.150. The third-order valence-corrected chi connectivity index (χ3v) is 1.84. The molecule has 0 saturated carbocycles.